The summed E-state index contributed by atoms with van der Waals surface area (Å²) in [4.78, 5) is 12.4. The van der Waals surface area contributed by atoms with Crippen molar-refractivity contribution in [2.24, 2.45) is 10.7 Å². The van der Waals surface area contributed by atoms with Crippen LogP contribution in [0.15, 0.2) is 4.99 Å². The molecule has 0 unspecified atom stereocenters. The van der Waals surface area contributed by atoms with E-state index >= 15 is 0 Å². The van der Waals surface area contributed by atoms with Crippen LogP contribution in [0.4, 0.5) is 0 Å². The molecular weight excluding hydrogens is 467 g/mol. The summed E-state index contributed by atoms with van der Waals surface area (Å²) in [5, 5.41) is 3.33. The third kappa shape index (κ3) is 7.27. The monoisotopic (exact) mass is 508 g/mol. The molecule has 8 heteroatoms. The minimum Gasteiger partial charge on any atom is -0.379 e. The Morgan fingerprint density at radius 2 is 1.71 bits per heavy atom. The molecule has 3 rings (SSSR count). The molecule has 0 aromatic carbocycles. The van der Waals surface area contributed by atoms with Gasteiger partial charge in [0.1, 0.15) is 0 Å². The van der Waals surface area contributed by atoms with Gasteiger partial charge in [-0.25, -0.2) is 0 Å². The number of morpholine rings is 1. The van der Waals surface area contributed by atoms with Gasteiger partial charge in [0.15, 0.2) is 5.96 Å². The van der Waals surface area contributed by atoms with Crippen molar-refractivity contribution in [3.63, 3.8) is 0 Å². The van der Waals surface area contributed by atoms with Crippen molar-refractivity contribution in [1.82, 2.24) is 20.0 Å². The zero-order valence-electron chi connectivity index (χ0n) is 17.7. The smallest absolute Gasteiger partial charge is 0.188 e. The van der Waals surface area contributed by atoms with Crippen LogP contribution < -0.4 is 11.1 Å². The maximum absolute atomic E-state index is 6.20. The van der Waals surface area contributed by atoms with Gasteiger partial charge in [-0.3, -0.25) is 14.8 Å². The summed E-state index contributed by atoms with van der Waals surface area (Å²) in [6.45, 7) is 11.5. The van der Waals surface area contributed by atoms with Crippen LogP contribution >= 0.6 is 24.0 Å². The Balaban J connectivity index is 0.00000280. The number of nitrogens with zero attached hydrogens (tertiary/aromatic N) is 4. The van der Waals surface area contributed by atoms with E-state index in [0.29, 0.717) is 5.96 Å². The molecule has 0 amide bonds. The first-order chi connectivity index (χ1) is 13.2. The Morgan fingerprint density at radius 1 is 1.04 bits per heavy atom. The van der Waals surface area contributed by atoms with Gasteiger partial charge in [-0.1, -0.05) is 6.42 Å². The lowest BCUT2D eigenvalue weighted by Crippen LogP contribution is -2.58. The van der Waals surface area contributed by atoms with Crippen LogP contribution in [0.2, 0.25) is 0 Å². The molecule has 0 aromatic heterocycles. The second-order valence-corrected chi connectivity index (χ2v) is 8.51. The van der Waals surface area contributed by atoms with Crippen LogP contribution in [-0.4, -0.2) is 105 Å². The molecule has 7 nitrogen and oxygen atoms in total. The molecule has 0 bridgehead atoms. The maximum Gasteiger partial charge on any atom is 0.188 e. The molecule has 0 spiro atoms. The number of rotatable bonds is 7. The van der Waals surface area contributed by atoms with Gasteiger partial charge in [0, 0.05) is 25.2 Å². The van der Waals surface area contributed by atoms with Crippen LogP contribution in [-0.2, 0) is 4.74 Å². The topological polar surface area (TPSA) is 69.4 Å². The molecule has 164 valence electrons. The number of piperidine rings is 2. The van der Waals surface area contributed by atoms with Crippen molar-refractivity contribution < 1.29 is 4.74 Å². The third-order valence-corrected chi connectivity index (χ3v) is 6.55. The number of guanidine groups is 1. The first-order valence-electron chi connectivity index (χ1n) is 11.0. The van der Waals surface area contributed by atoms with Crippen LogP contribution in [0.1, 0.15) is 38.5 Å². The fourth-order valence-corrected chi connectivity index (χ4v) is 4.61. The van der Waals surface area contributed by atoms with E-state index in [1.807, 2.05) is 0 Å². The number of nitrogens with two attached hydrogens (primary N) is 1. The average molecular weight is 508 g/mol. The van der Waals surface area contributed by atoms with Gasteiger partial charge in [0.2, 0.25) is 0 Å². The maximum atomic E-state index is 6.20. The first-order valence-corrected chi connectivity index (χ1v) is 11.0. The average Bonchev–Trinajstić information content (AvgIpc) is 2.72. The van der Waals surface area contributed by atoms with Crippen LogP contribution in [0.25, 0.3) is 0 Å². The highest BCUT2D eigenvalue weighted by Crippen LogP contribution is 2.31. The predicted molar refractivity (Wildman–Crippen MR) is 127 cm³/mol. The van der Waals surface area contributed by atoms with Crippen molar-refractivity contribution in [1.29, 1.82) is 0 Å². The van der Waals surface area contributed by atoms with E-state index in [1.165, 1.54) is 58.3 Å². The molecular formula is C20H41IN6O. The SMILES string of the molecule is CN1CCC(CN=C(N)NCCCN2CCOCC2)(N2CCCCC2)CC1.I. The number of nitrogens with one attached hydrogen (secondary N) is 1. The number of ether oxygens (including phenoxy) is 1. The Labute approximate surface area is 188 Å². The van der Waals surface area contributed by atoms with E-state index < -0.39 is 0 Å². The molecule has 3 heterocycles. The highest BCUT2D eigenvalue weighted by molar-refractivity contribution is 14.0. The summed E-state index contributed by atoms with van der Waals surface area (Å²) in [6, 6.07) is 0. The van der Waals surface area contributed by atoms with E-state index in [0.717, 1.165) is 52.4 Å². The highest BCUT2D eigenvalue weighted by Gasteiger charge is 2.39. The largest absolute Gasteiger partial charge is 0.379 e. The molecule has 3 fully saturated rings. The van der Waals surface area contributed by atoms with Crippen LogP contribution in [0.5, 0.6) is 0 Å². The van der Waals surface area contributed by atoms with E-state index in [9.17, 15) is 0 Å². The van der Waals surface area contributed by atoms with Crippen LogP contribution in [0.3, 0.4) is 0 Å². The number of halogens is 1. The van der Waals surface area contributed by atoms with Gasteiger partial charge >= 0.3 is 0 Å². The minimum atomic E-state index is 0. The fourth-order valence-electron chi connectivity index (χ4n) is 4.61. The zero-order valence-corrected chi connectivity index (χ0v) is 20.0. The zero-order chi connectivity index (χ0) is 19.0. The lowest BCUT2D eigenvalue weighted by atomic mass is 9.84. The minimum absolute atomic E-state index is 0. The van der Waals surface area contributed by atoms with E-state index in [1.54, 1.807) is 0 Å². The summed E-state index contributed by atoms with van der Waals surface area (Å²) in [5.41, 5.74) is 6.42. The van der Waals surface area contributed by atoms with Gasteiger partial charge in [-0.05, 0) is 71.9 Å². The second-order valence-electron chi connectivity index (χ2n) is 8.51. The lowest BCUT2D eigenvalue weighted by molar-refractivity contribution is 0.0208. The molecule has 3 saturated heterocycles. The van der Waals surface area contributed by atoms with Crippen molar-refractivity contribution in [3.8, 4) is 0 Å². The third-order valence-electron chi connectivity index (χ3n) is 6.55. The molecule has 3 N–H and O–H groups in total. The summed E-state index contributed by atoms with van der Waals surface area (Å²) < 4.78 is 5.40. The van der Waals surface area contributed by atoms with Crippen molar-refractivity contribution in [2.45, 2.75) is 44.1 Å². The standard InChI is InChI=1S/C20H40N6O.HI/c1-24-12-6-20(7-13-24,26-10-3-2-4-11-26)18-23-19(21)22-8-5-9-25-14-16-27-17-15-25;/h2-18H2,1H3,(H3,21,22,23);1H. The second kappa shape index (κ2) is 12.5. The van der Waals surface area contributed by atoms with Crippen molar-refractivity contribution in [3.05, 3.63) is 0 Å². The Kier molecular flexibility index (Phi) is 10.8. The molecule has 0 saturated carbocycles. The van der Waals surface area contributed by atoms with E-state index in [2.05, 4.69) is 27.1 Å². The van der Waals surface area contributed by atoms with Crippen molar-refractivity contribution in [2.75, 3.05) is 79.2 Å². The van der Waals surface area contributed by atoms with Gasteiger partial charge in [0.25, 0.3) is 0 Å². The summed E-state index contributed by atoms with van der Waals surface area (Å²) in [7, 11) is 2.23. The predicted octanol–water partition coefficient (Wildman–Crippen LogP) is 1.18. The van der Waals surface area contributed by atoms with Gasteiger partial charge in [-0.2, -0.15) is 0 Å². The normalized spacial score (nSPS) is 25.2. The molecule has 0 aromatic rings. The Bertz CT molecular complexity index is 458. The van der Waals surface area contributed by atoms with E-state index in [4.69, 9.17) is 15.5 Å². The Hall–Kier alpha value is -0.160. The van der Waals surface area contributed by atoms with Gasteiger partial charge in [-0.15, -0.1) is 24.0 Å². The number of hydrogen-bond donors (Lipinski definition) is 2. The van der Waals surface area contributed by atoms with E-state index in [-0.39, 0.29) is 29.5 Å². The number of hydrogen-bond acceptors (Lipinski definition) is 5. The Morgan fingerprint density at radius 3 is 2.39 bits per heavy atom. The fraction of sp³-hybridized carbons (Fsp3) is 0.950. The van der Waals surface area contributed by atoms with Gasteiger partial charge in [0.05, 0.1) is 19.8 Å². The first kappa shape index (κ1) is 24.1. The summed E-state index contributed by atoms with van der Waals surface area (Å²) >= 11 is 0. The quantitative estimate of drug-likeness (QED) is 0.233. The van der Waals surface area contributed by atoms with Crippen LogP contribution in [0, 0.1) is 0 Å². The van der Waals surface area contributed by atoms with Crippen molar-refractivity contribution >= 4 is 29.9 Å². The molecule has 3 aliphatic rings. The van der Waals surface area contributed by atoms with Gasteiger partial charge < -0.3 is 20.7 Å². The summed E-state index contributed by atoms with van der Waals surface area (Å²) in [6.07, 6.45) is 7.54. The number of aliphatic imine (C=N–C) groups is 1. The summed E-state index contributed by atoms with van der Waals surface area (Å²) in [5.74, 6) is 0.618. The highest BCUT2D eigenvalue weighted by atomic mass is 127. The number of likely N-dealkylation sites (tertiary alicyclic amines) is 2. The lowest BCUT2D eigenvalue weighted by Gasteiger charge is -2.49. The molecule has 3 aliphatic heterocycles. The molecule has 28 heavy (non-hydrogen) atoms. The molecule has 0 radical (unpaired) electrons. The molecule has 0 atom stereocenters. The molecule has 0 aliphatic carbocycles.